The van der Waals surface area contributed by atoms with Crippen LogP contribution in [-0.2, 0) is 19.1 Å². The Morgan fingerprint density at radius 1 is 1.23 bits per heavy atom. The fraction of sp³-hybridized carbons (Fsp3) is 0.615. The minimum Gasteiger partial charge on any atom is -0.394 e. The highest BCUT2D eigenvalue weighted by molar-refractivity contribution is 5.86. The summed E-state index contributed by atoms with van der Waals surface area (Å²) in [6.07, 6.45) is 1.41. The molecular formula is C26H32F3N5O6. The number of carbonyl (C=O) groups is 1. The van der Waals surface area contributed by atoms with Crippen LogP contribution in [-0.4, -0.2) is 86.6 Å². The molecule has 3 N–H and O–H groups in total. The molecule has 2 aliphatic heterocycles. The summed E-state index contributed by atoms with van der Waals surface area (Å²) >= 11 is 0. The number of benzene rings is 1. The molecule has 0 bridgehead atoms. The number of oxime groups is 1. The van der Waals surface area contributed by atoms with Crippen molar-refractivity contribution in [2.45, 2.75) is 87.5 Å². The second-order valence-corrected chi connectivity index (χ2v) is 10.7. The molecule has 2 fully saturated rings. The molecule has 3 aliphatic rings. The number of carbonyl (C=O) groups excluding carboxylic acids is 1. The number of rotatable bonds is 7. The van der Waals surface area contributed by atoms with Gasteiger partial charge in [-0.2, -0.15) is 0 Å². The lowest BCUT2D eigenvalue weighted by atomic mass is 9.78. The Balaban J connectivity index is 1.32. The van der Waals surface area contributed by atoms with Crippen molar-refractivity contribution < 1.29 is 42.5 Å². The average Bonchev–Trinajstić information content (AvgIpc) is 3.56. The topological polar surface area (TPSA) is 140 Å². The smallest absolute Gasteiger partial charge is 0.217 e. The lowest BCUT2D eigenvalue weighted by Gasteiger charge is -2.43. The molecule has 11 nitrogen and oxygen atoms in total. The maximum absolute atomic E-state index is 14.4. The number of hydrogen-bond donors (Lipinski definition) is 3. The van der Waals surface area contributed by atoms with Crippen LogP contribution in [0.1, 0.15) is 51.5 Å². The number of ether oxygens (including phenoxy) is 2. The molecule has 0 unspecified atom stereocenters. The van der Waals surface area contributed by atoms with Crippen LogP contribution in [0.15, 0.2) is 23.5 Å². The van der Waals surface area contributed by atoms with Gasteiger partial charge in [0.05, 0.1) is 24.6 Å². The summed E-state index contributed by atoms with van der Waals surface area (Å²) in [6, 6.07) is 1.03. The Hall–Kier alpha value is -3.07. The van der Waals surface area contributed by atoms with Crippen LogP contribution < -0.4 is 5.32 Å². The predicted octanol–water partition coefficient (Wildman–Crippen LogP) is 2.02. The van der Waals surface area contributed by atoms with E-state index >= 15 is 0 Å². The zero-order valence-corrected chi connectivity index (χ0v) is 22.1. The highest BCUT2D eigenvalue weighted by Crippen LogP contribution is 2.41. The molecule has 5 rings (SSSR count). The Bertz CT molecular complexity index is 1270. The van der Waals surface area contributed by atoms with E-state index in [0.29, 0.717) is 6.42 Å². The van der Waals surface area contributed by atoms with Gasteiger partial charge in [0, 0.05) is 38.5 Å². The van der Waals surface area contributed by atoms with Gasteiger partial charge in [-0.15, -0.1) is 5.10 Å². The number of methoxy groups -OCH3 is 1. The fourth-order valence-corrected chi connectivity index (χ4v) is 5.98. The molecule has 3 heterocycles. The van der Waals surface area contributed by atoms with E-state index in [4.69, 9.17) is 14.3 Å². The number of amides is 1. The number of halogens is 3. The SMILES string of the molecule is CO[C@@H]1[C@@H](n2cc(-c3ccc(F)c(F)c3F)nn2)[C@@H](O)[C@@H](CO)O[C@@H]1CC1=NOC2(CCC(NC(C)=O)CC2)C1. The first-order chi connectivity index (χ1) is 19.1. The number of nitrogens with zero attached hydrogens (tertiary/aromatic N) is 4. The lowest BCUT2D eigenvalue weighted by Crippen LogP contribution is -2.57. The third kappa shape index (κ3) is 5.45. The average molecular weight is 568 g/mol. The van der Waals surface area contributed by atoms with Gasteiger partial charge >= 0.3 is 0 Å². The molecule has 1 spiro atoms. The van der Waals surface area contributed by atoms with E-state index in [-0.39, 0.29) is 29.6 Å². The molecule has 40 heavy (non-hydrogen) atoms. The molecule has 5 atom stereocenters. The van der Waals surface area contributed by atoms with Gasteiger partial charge in [0.1, 0.15) is 35.6 Å². The molecule has 1 aliphatic carbocycles. The van der Waals surface area contributed by atoms with Crippen molar-refractivity contribution in [1.82, 2.24) is 20.3 Å². The van der Waals surface area contributed by atoms with E-state index in [9.17, 15) is 28.2 Å². The van der Waals surface area contributed by atoms with Gasteiger partial charge in [-0.05, 0) is 37.8 Å². The van der Waals surface area contributed by atoms with Crippen LogP contribution in [0, 0.1) is 17.5 Å². The first-order valence-corrected chi connectivity index (χ1v) is 13.2. The van der Waals surface area contributed by atoms with Crippen LogP contribution >= 0.6 is 0 Å². The molecule has 1 aromatic carbocycles. The summed E-state index contributed by atoms with van der Waals surface area (Å²) in [4.78, 5) is 17.3. The molecule has 1 aromatic heterocycles. The number of nitrogens with one attached hydrogen (secondary N) is 1. The van der Waals surface area contributed by atoms with E-state index in [1.54, 1.807) is 0 Å². The minimum absolute atomic E-state index is 0.0603. The Labute approximate surface area is 228 Å². The van der Waals surface area contributed by atoms with Crippen LogP contribution in [0.25, 0.3) is 11.3 Å². The Kier molecular flexibility index (Phi) is 8.13. The second kappa shape index (κ2) is 11.4. The van der Waals surface area contributed by atoms with E-state index in [2.05, 4.69) is 20.8 Å². The van der Waals surface area contributed by atoms with Crippen molar-refractivity contribution >= 4 is 11.6 Å². The van der Waals surface area contributed by atoms with Gasteiger partial charge in [0.25, 0.3) is 0 Å². The molecule has 0 radical (unpaired) electrons. The quantitative estimate of drug-likeness (QED) is 0.432. The molecule has 1 amide bonds. The number of aromatic nitrogens is 3. The third-order valence-corrected chi connectivity index (χ3v) is 8.00. The maximum atomic E-state index is 14.4. The number of hydrogen-bond acceptors (Lipinski definition) is 9. The van der Waals surface area contributed by atoms with Crippen molar-refractivity contribution in [1.29, 1.82) is 0 Å². The highest BCUT2D eigenvalue weighted by Gasteiger charge is 2.49. The molecule has 218 valence electrons. The third-order valence-electron chi connectivity index (χ3n) is 8.00. The number of aliphatic hydroxyl groups is 2. The Morgan fingerprint density at radius 2 is 1.98 bits per heavy atom. The first kappa shape index (κ1) is 28.5. The summed E-state index contributed by atoms with van der Waals surface area (Å²) in [5.41, 5.74) is -0.0918. The van der Waals surface area contributed by atoms with Gasteiger partial charge in [-0.3, -0.25) is 4.79 Å². The van der Waals surface area contributed by atoms with Crippen molar-refractivity contribution in [2.24, 2.45) is 5.16 Å². The monoisotopic (exact) mass is 567 g/mol. The van der Waals surface area contributed by atoms with E-state index < -0.39 is 60.1 Å². The zero-order valence-electron chi connectivity index (χ0n) is 22.1. The van der Waals surface area contributed by atoms with Crippen LogP contribution in [0.4, 0.5) is 13.2 Å². The predicted molar refractivity (Wildman–Crippen MR) is 133 cm³/mol. The largest absolute Gasteiger partial charge is 0.394 e. The summed E-state index contributed by atoms with van der Waals surface area (Å²) in [5.74, 6) is -4.43. The van der Waals surface area contributed by atoms with Crippen molar-refractivity contribution in [3.05, 3.63) is 35.8 Å². The van der Waals surface area contributed by atoms with Crippen LogP contribution in [0.3, 0.4) is 0 Å². The number of aliphatic hydroxyl groups excluding tert-OH is 2. The Morgan fingerprint density at radius 3 is 2.65 bits per heavy atom. The molecule has 1 saturated carbocycles. The molecule has 1 saturated heterocycles. The van der Waals surface area contributed by atoms with E-state index in [1.165, 1.54) is 24.9 Å². The molecule has 2 aromatic rings. The first-order valence-electron chi connectivity index (χ1n) is 13.2. The van der Waals surface area contributed by atoms with E-state index in [0.717, 1.165) is 43.5 Å². The van der Waals surface area contributed by atoms with Crippen LogP contribution in [0.2, 0.25) is 0 Å². The van der Waals surface area contributed by atoms with Gasteiger partial charge in [-0.25, -0.2) is 17.9 Å². The minimum atomic E-state index is -1.63. The highest BCUT2D eigenvalue weighted by atomic mass is 19.2. The normalized spacial score (nSPS) is 32.1. The summed E-state index contributed by atoms with van der Waals surface area (Å²) in [5, 5.41) is 36.2. The van der Waals surface area contributed by atoms with Crippen molar-refractivity contribution in [2.75, 3.05) is 13.7 Å². The summed E-state index contributed by atoms with van der Waals surface area (Å²) < 4.78 is 54.6. The molecule has 14 heteroatoms. The second-order valence-electron chi connectivity index (χ2n) is 10.7. The van der Waals surface area contributed by atoms with Gasteiger partial charge in [-0.1, -0.05) is 10.4 Å². The summed E-state index contributed by atoms with van der Waals surface area (Å²) in [6.45, 7) is 1.00. The van der Waals surface area contributed by atoms with Gasteiger partial charge < -0.3 is 29.8 Å². The van der Waals surface area contributed by atoms with Gasteiger partial charge in [0.15, 0.2) is 17.5 Å². The zero-order chi connectivity index (χ0) is 28.6. The standard InChI is InChI=1S/C26H32F3N5O6/c1-13(36)30-14-5-7-26(8-6-14)10-15(32-40-26)9-19-25(38-2)23(24(37)20(12-35)39-19)34-11-18(31-33-34)16-3-4-17(27)22(29)21(16)28/h3-4,11,14,19-20,23-25,35,37H,5-10,12H2,1-2H3,(H,30,36)/t14?,19-,20-,23+,24+,25+,26?/m1/s1. The van der Waals surface area contributed by atoms with Crippen molar-refractivity contribution in [3.8, 4) is 11.3 Å². The van der Waals surface area contributed by atoms with Gasteiger partial charge in [0.2, 0.25) is 5.91 Å². The fourth-order valence-electron chi connectivity index (χ4n) is 5.98. The van der Waals surface area contributed by atoms with Crippen molar-refractivity contribution in [3.63, 3.8) is 0 Å². The maximum Gasteiger partial charge on any atom is 0.217 e. The summed E-state index contributed by atoms with van der Waals surface area (Å²) in [7, 11) is 1.44. The van der Waals surface area contributed by atoms with Crippen LogP contribution in [0.5, 0.6) is 0 Å². The molecular weight excluding hydrogens is 535 g/mol. The lowest BCUT2D eigenvalue weighted by molar-refractivity contribution is -0.210. The van der Waals surface area contributed by atoms with E-state index in [1.807, 2.05) is 0 Å².